The second kappa shape index (κ2) is 7.95. The van der Waals surface area contributed by atoms with Gasteiger partial charge in [-0.2, -0.15) is 0 Å². The minimum Gasteiger partial charge on any atom is -0.457 e. The average molecular weight is 443 g/mol. The van der Waals surface area contributed by atoms with E-state index in [4.69, 9.17) is 4.74 Å². The van der Waals surface area contributed by atoms with E-state index in [1.165, 1.54) is 4.90 Å². The van der Waals surface area contributed by atoms with Gasteiger partial charge >= 0.3 is 0 Å². The maximum atomic E-state index is 12.6. The Balaban J connectivity index is 1.35. The highest BCUT2D eigenvalue weighted by atomic mass is 79.9. The normalized spacial score (nSPS) is 24.2. The number of rotatable bonds is 5. The first-order valence-corrected chi connectivity index (χ1v) is 10.4. The quantitative estimate of drug-likeness (QED) is 0.659. The van der Waals surface area contributed by atoms with E-state index >= 15 is 0 Å². The topological polar surface area (TPSA) is 58.6 Å². The van der Waals surface area contributed by atoms with Crippen LogP contribution in [0.2, 0.25) is 0 Å². The summed E-state index contributed by atoms with van der Waals surface area (Å²) in [7, 11) is 0. The molecular formula is C22H23BrN2O3. The second-order valence-corrected chi connectivity index (χ2v) is 8.57. The molecule has 146 valence electrons. The van der Waals surface area contributed by atoms with Gasteiger partial charge in [-0.05, 0) is 73.7 Å². The fourth-order valence-corrected chi connectivity index (χ4v) is 4.33. The third-order valence-electron chi connectivity index (χ3n) is 5.62. The van der Waals surface area contributed by atoms with Gasteiger partial charge in [0, 0.05) is 10.2 Å². The van der Waals surface area contributed by atoms with Crippen molar-refractivity contribution in [3.63, 3.8) is 0 Å². The Morgan fingerprint density at radius 3 is 2.25 bits per heavy atom. The Bertz CT molecular complexity index is 866. The number of halogens is 1. The highest BCUT2D eigenvalue weighted by Gasteiger charge is 2.49. The van der Waals surface area contributed by atoms with Crippen LogP contribution in [0, 0.1) is 17.8 Å². The third kappa shape index (κ3) is 3.92. The molecule has 2 aliphatic rings. The first-order valence-electron chi connectivity index (χ1n) is 9.64. The molecule has 2 aromatic carbocycles. The average Bonchev–Trinajstić information content (AvgIpc) is 2.93. The molecule has 0 unspecified atom stereocenters. The number of carbonyl (C=O) groups excluding carboxylic acids is 2. The molecule has 0 aromatic heterocycles. The van der Waals surface area contributed by atoms with E-state index in [1.54, 1.807) is 0 Å². The lowest BCUT2D eigenvalue weighted by Crippen LogP contribution is -2.35. The number of imide groups is 1. The molecule has 2 fully saturated rings. The van der Waals surface area contributed by atoms with E-state index < -0.39 is 0 Å². The smallest absolute Gasteiger partial charge is 0.234 e. The summed E-state index contributed by atoms with van der Waals surface area (Å²) in [6.07, 6.45) is 2.68. The summed E-state index contributed by atoms with van der Waals surface area (Å²) < 4.78 is 6.81. The number of amides is 2. The molecule has 0 radical (unpaired) electrons. The zero-order chi connectivity index (χ0) is 19.7. The summed E-state index contributed by atoms with van der Waals surface area (Å²) in [4.78, 5) is 26.6. The number of hydrogen-bond donors (Lipinski definition) is 1. The summed E-state index contributed by atoms with van der Waals surface area (Å²) >= 11 is 3.40. The molecule has 28 heavy (non-hydrogen) atoms. The van der Waals surface area contributed by atoms with E-state index in [0.29, 0.717) is 5.92 Å². The zero-order valence-electron chi connectivity index (χ0n) is 15.7. The van der Waals surface area contributed by atoms with Crippen molar-refractivity contribution in [1.82, 2.24) is 4.90 Å². The predicted molar refractivity (Wildman–Crippen MR) is 111 cm³/mol. The van der Waals surface area contributed by atoms with Crippen LogP contribution >= 0.6 is 15.9 Å². The SMILES string of the molecule is C[C@H]1CC[C@H]2C(=O)N(CNc3ccc(Oc4ccc(Br)cc4)cc3)C(=O)[C@@H]2C1. The number of anilines is 1. The van der Waals surface area contributed by atoms with Crippen LogP contribution in [0.3, 0.4) is 0 Å². The number of hydrogen-bond acceptors (Lipinski definition) is 4. The first kappa shape index (κ1) is 19.0. The monoisotopic (exact) mass is 442 g/mol. The van der Waals surface area contributed by atoms with Crippen molar-refractivity contribution in [2.45, 2.75) is 26.2 Å². The van der Waals surface area contributed by atoms with E-state index in [9.17, 15) is 9.59 Å². The predicted octanol–water partition coefficient (Wildman–Crippen LogP) is 5.03. The Morgan fingerprint density at radius 1 is 0.964 bits per heavy atom. The van der Waals surface area contributed by atoms with Gasteiger partial charge in [0.15, 0.2) is 0 Å². The van der Waals surface area contributed by atoms with Gasteiger partial charge in [0.25, 0.3) is 0 Å². The zero-order valence-corrected chi connectivity index (χ0v) is 17.3. The Hall–Kier alpha value is -2.34. The van der Waals surface area contributed by atoms with Crippen LogP contribution in [0.1, 0.15) is 26.2 Å². The highest BCUT2D eigenvalue weighted by molar-refractivity contribution is 9.10. The van der Waals surface area contributed by atoms with Crippen LogP contribution in [0.4, 0.5) is 5.69 Å². The lowest BCUT2D eigenvalue weighted by atomic mass is 9.76. The number of likely N-dealkylation sites (tertiary alicyclic amines) is 1. The molecule has 2 amide bonds. The molecule has 1 aliphatic heterocycles. The fraction of sp³-hybridized carbons (Fsp3) is 0.364. The maximum Gasteiger partial charge on any atom is 0.234 e. The minimum atomic E-state index is -0.125. The summed E-state index contributed by atoms with van der Waals surface area (Å²) in [6.45, 7) is 2.37. The maximum absolute atomic E-state index is 12.6. The van der Waals surface area contributed by atoms with Crippen LogP contribution < -0.4 is 10.1 Å². The largest absolute Gasteiger partial charge is 0.457 e. The molecule has 1 heterocycles. The van der Waals surface area contributed by atoms with Gasteiger partial charge in [-0.3, -0.25) is 14.5 Å². The molecule has 1 N–H and O–H groups in total. The number of fused-ring (bicyclic) bond motifs is 1. The summed E-state index contributed by atoms with van der Waals surface area (Å²) in [6, 6.07) is 15.1. The molecule has 2 aromatic rings. The first-order chi connectivity index (χ1) is 13.5. The number of carbonyl (C=O) groups is 2. The number of ether oxygens (including phenoxy) is 1. The molecule has 0 bridgehead atoms. The summed E-state index contributed by atoms with van der Waals surface area (Å²) in [5.41, 5.74) is 0.840. The third-order valence-corrected chi connectivity index (χ3v) is 6.15. The van der Waals surface area contributed by atoms with Crippen molar-refractivity contribution in [2.24, 2.45) is 17.8 Å². The summed E-state index contributed by atoms with van der Waals surface area (Å²) in [5, 5.41) is 3.19. The van der Waals surface area contributed by atoms with Crippen LogP contribution in [-0.4, -0.2) is 23.4 Å². The van der Waals surface area contributed by atoms with Crippen molar-refractivity contribution in [3.8, 4) is 11.5 Å². The van der Waals surface area contributed by atoms with Crippen molar-refractivity contribution >= 4 is 33.4 Å². The molecule has 5 nitrogen and oxygen atoms in total. The van der Waals surface area contributed by atoms with Crippen molar-refractivity contribution in [1.29, 1.82) is 0 Å². The molecule has 0 spiro atoms. The molecule has 3 atom stereocenters. The van der Waals surface area contributed by atoms with Gasteiger partial charge in [-0.15, -0.1) is 0 Å². The Labute approximate surface area is 173 Å². The van der Waals surface area contributed by atoms with Crippen LogP contribution in [0.15, 0.2) is 53.0 Å². The van der Waals surface area contributed by atoms with Crippen LogP contribution in [0.25, 0.3) is 0 Å². The van der Waals surface area contributed by atoms with Crippen molar-refractivity contribution < 1.29 is 14.3 Å². The molecular weight excluding hydrogens is 420 g/mol. The van der Waals surface area contributed by atoms with Crippen molar-refractivity contribution in [2.75, 3.05) is 12.0 Å². The molecule has 1 saturated heterocycles. The van der Waals surface area contributed by atoms with Gasteiger partial charge in [-0.25, -0.2) is 0 Å². The number of nitrogens with zero attached hydrogens (tertiary/aromatic N) is 1. The minimum absolute atomic E-state index is 0.0235. The molecule has 6 heteroatoms. The van der Waals surface area contributed by atoms with Gasteiger partial charge in [-0.1, -0.05) is 22.9 Å². The van der Waals surface area contributed by atoms with Gasteiger partial charge in [0.1, 0.15) is 11.5 Å². The van der Waals surface area contributed by atoms with Crippen LogP contribution in [-0.2, 0) is 9.59 Å². The second-order valence-electron chi connectivity index (χ2n) is 7.65. The Morgan fingerprint density at radius 2 is 1.57 bits per heavy atom. The summed E-state index contributed by atoms with van der Waals surface area (Å²) in [5.74, 6) is 1.71. The highest BCUT2D eigenvalue weighted by Crippen LogP contribution is 2.40. The molecule has 1 aliphatic carbocycles. The van der Waals surface area contributed by atoms with Crippen LogP contribution in [0.5, 0.6) is 11.5 Å². The van der Waals surface area contributed by atoms with Crippen molar-refractivity contribution in [3.05, 3.63) is 53.0 Å². The number of benzene rings is 2. The standard InChI is InChI=1S/C22H23BrN2O3/c1-14-2-11-19-20(12-14)22(27)25(21(19)26)13-24-16-5-9-18(10-6-16)28-17-7-3-15(23)4-8-17/h3-10,14,19-20,24H,2,11-13H2,1H3/t14-,19+,20+/m0/s1. The van der Waals surface area contributed by atoms with Gasteiger partial charge in [0.2, 0.25) is 11.8 Å². The molecule has 4 rings (SSSR count). The number of nitrogens with one attached hydrogen (secondary N) is 1. The molecule has 1 saturated carbocycles. The lowest BCUT2D eigenvalue weighted by molar-refractivity contribution is -0.139. The Kier molecular flexibility index (Phi) is 5.40. The van der Waals surface area contributed by atoms with Gasteiger partial charge in [0.05, 0.1) is 18.5 Å². The van der Waals surface area contributed by atoms with E-state index in [-0.39, 0.29) is 30.3 Å². The van der Waals surface area contributed by atoms with Gasteiger partial charge < -0.3 is 10.1 Å². The fourth-order valence-electron chi connectivity index (χ4n) is 4.06. The van der Waals surface area contributed by atoms with E-state index in [1.807, 2.05) is 48.5 Å². The van der Waals surface area contributed by atoms with E-state index in [2.05, 4.69) is 28.2 Å². The van der Waals surface area contributed by atoms with E-state index in [0.717, 1.165) is 40.9 Å². The lowest BCUT2D eigenvalue weighted by Gasteiger charge is -2.25.